The van der Waals surface area contributed by atoms with E-state index < -0.39 is 12.7 Å². The van der Waals surface area contributed by atoms with Gasteiger partial charge in [-0.05, 0) is 37.0 Å². The average Bonchev–Trinajstić information content (AvgIpc) is 2.58. The van der Waals surface area contributed by atoms with Crippen LogP contribution in [0.25, 0.3) is 0 Å². The Hall–Kier alpha value is -1.20. The molecule has 0 spiro atoms. The maximum absolute atomic E-state index is 12.7. The summed E-state index contributed by atoms with van der Waals surface area (Å²) in [5.74, 6) is 0. The van der Waals surface area contributed by atoms with Crippen LogP contribution in [0.3, 0.4) is 0 Å². The van der Waals surface area contributed by atoms with E-state index in [2.05, 4.69) is 17.0 Å². The van der Waals surface area contributed by atoms with E-state index >= 15 is 0 Å². The van der Waals surface area contributed by atoms with Crippen LogP contribution in [0.1, 0.15) is 30.9 Å². The highest BCUT2D eigenvalue weighted by molar-refractivity contribution is 5.48. The summed E-state index contributed by atoms with van der Waals surface area (Å²) in [6, 6.07) is 7.54. The maximum Gasteiger partial charge on any atom is 0.107 e. The van der Waals surface area contributed by atoms with Crippen molar-refractivity contribution in [1.82, 2.24) is 0 Å². The first-order valence-corrected chi connectivity index (χ1v) is 7.33. The van der Waals surface area contributed by atoms with Crippen molar-refractivity contribution in [1.29, 1.82) is 0 Å². The molecule has 2 N–H and O–H groups in total. The van der Waals surface area contributed by atoms with Crippen LogP contribution in [-0.2, 0) is 4.74 Å². The Morgan fingerprint density at radius 1 is 1.14 bits per heavy atom. The summed E-state index contributed by atoms with van der Waals surface area (Å²) in [5, 5.41) is 0. The molecule has 1 aromatic rings. The molecule has 5 heteroatoms. The predicted octanol–water partition coefficient (Wildman–Crippen LogP) is 3.25. The number of methoxy groups -OCH3 is 1. The van der Waals surface area contributed by atoms with Crippen molar-refractivity contribution in [2.45, 2.75) is 31.4 Å². The van der Waals surface area contributed by atoms with Gasteiger partial charge in [0.2, 0.25) is 0 Å². The van der Waals surface area contributed by atoms with Crippen LogP contribution in [-0.4, -0.2) is 40.1 Å². The van der Waals surface area contributed by atoms with Gasteiger partial charge >= 0.3 is 0 Å². The van der Waals surface area contributed by atoms with Gasteiger partial charge in [0, 0.05) is 25.9 Å². The molecule has 1 saturated heterocycles. The second-order valence-electron chi connectivity index (χ2n) is 5.11. The molecule has 0 saturated carbocycles. The number of benzene rings is 1. The number of hydrogen-bond donors (Lipinski definition) is 1. The molecule has 0 aromatic heterocycles. The predicted molar refractivity (Wildman–Crippen MR) is 83.2 cm³/mol. The molecular weight excluding hydrogens is 274 g/mol. The molecule has 120 valence electrons. The van der Waals surface area contributed by atoms with E-state index in [1.807, 2.05) is 12.1 Å². The zero-order valence-electron chi connectivity index (χ0n) is 12.9. The van der Waals surface area contributed by atoms with Gasteiger partial charge in [0.25, 0.3) is 0 Å². The van der Waals surface area contributed by atoms with E-state index in [-0.39, 0.29) is 6.10 Å². The van der Waals surface area contributed by atoms with Crippen molar-refractivity contribution in [2.75, 3.05) is 39.0 Å². The molecule has 3 nitrogen and oxygen atoms in total. The summed E-state index contributed by atoms with van der Waals surface area (Å²) < 4.78 is 27.5. The summed E-state index contributed by atoms with van der Waals surface area (Å²) in [6.45, 7) is 1.67. The first-order chi connectivity index (χ1) is 10.3. The van der Waals surface area contributed by atoms with E-state index in [9.17, 15) is 8.78 Å². The standard InChI is InChI=1S/C15H23FN2O.CH3F/c1-19-15(14(17)11-16)12-5-7-13(8-6-12)18-9-3-2-4-10-18;1-2/h5-8,14-15H,2-4,9-11,17H2,1H3;1H3. The maximum atomic E-state index is 12.7. The third-order valence-corrected chi connectivity index (χ3v) is 3.76. The van der Waals surface area contributed by atoms with Gasteiger partial charge in [-0.25, -0.2) is 4.39 Å². The normalized spacial score (nSPS) is 17.7. The van der Waals surface area contributed by atoms with Crippen molar-refractivity contribution in [3.05, 3.63) is 29.8 Å². The van der Waals surface area contributed by atoms with Crippen molar-refractivity contribution in [3.63, 3.8) is 0 Å². The Balaban J connectivity index is 0.00000106. The molecule has 0 bridgehead atoms. The number of anilines is 1. The van der Waals surface area contributed by atoms with Gasteiger partial charge in [-0.15, -0.1) is 0 Å². The zero-order valence-corrected chi connectivity index (χ0v) is 12.9. The fourth-order valence-electron chi connectivity index (χ4n) is 2.67. The number of nitrogens with two attached hydrogens (primary N) is 1. The van der Waals surface area contributed by atoms with Crippen LogP contribution in [0, 0.1) is 0 Å². The summed E-state index contributed by atoms with van der Waals surface area (Å²) >= 11 is 0. The molecule has 1 aliphatic rings. The second-order valence-corrected chi connectivity index (χ2v) is 5.11. The fourth-order valence-corrected chi connectivity index (χ4v) is 2.67. The third kappa shape index (κ3) is 4.93. The van der Waals surface area contributed by atoms with Crippen molar-refractivity contribution < 1.29 is 13.5 Å². The van der Waals surface area contributed by atoms with Crippen LogP contribution < -0.4 is 10.6 Å². The summed E-state index contributed by atoms with van der Waals surface area (Å²) in [5.41, 5.74) is 7.90. The lowest BCUT2D eigenvalue weighted by Crippen LogP contribution is -2.32. The summed E-state index contributed by atoms with van der Waals surface area (Å²) in [7, 11) is 2.07. The van der Waals surface area contributed by atoms with Gasteiger partial charge in [-0.3, -0.25) is 4.39 Å². The zero-order chi connectivity index (χ0) is 15.7. The molecule has 0 aliphatic carbocycles. The largest absolute Gasteiger partial charge is 0.375 e. The van der Waals surface area contributed by atoms with E-state index in [4.69, 9.17) is 10.5 Å². The van der Waals surface area contributed by atoms with Crippen LogP contribution in [0.15, 0.2) is 24.3 Å². The molecule has 2 unspecified atom stereocenters. The lowest BCUT2D eigenvalue weighted by atomic mass is 10.0. The van der Waals surface area contributed by atoms with E-state index in [1.165, 1.54) is 24.9 Å². The lowest BCUT2D eigenvalue weighted by molar-refractivity contribution is 0.0721. The highest BCUT2D eigenvalue weighted by atomic mass is 19.1. The van der Waals surface area contributed by atoms with Crippen molar-refractivity contribution >= 4 is 5.69 Å². The number of nitrogens with zero attached hydrogens (tertiary/aromatic N) is 1. The number of hydrogen-bond acceptors (Lipinski definition) is 3. The summed E-state index contributed by atoms with van der Waals surface area (Å²) in [4.78, 5) is 2.39. The van der Waals surface area contributed by atoms with Crippen LogP contribution >= 0.6 is 0 Å². The van der Waals surface area contributed by atoms with Gasteiger partial charge < -0.3 is 15.4 Å². The molecular formula is C16H26F2N2O. The van der Waals surface area contributed by atoms with Gasteiger partial charge in [0.15, 0.2) is 0 Å². The molecule has 2 rings (SSSR count). The molecule has 1 heterocycles. The van der Waals surface area contributed by atoms with Gasteiger partial charge in [0.05, 0.1) is 19.3 Å². The third-order valence-electron chi connectivity index (χ3n) is 3.76. The van der Waals surface area contributed by atoms with E-state index in [1.54, 1.807) is 7.11 Å². The Morgan fingerprint density at radius 2 is 1.71 bits per heavy atom. The molecule has 1 fully saturated rings. The van der Waals surface area contributed by atoms with Gasteiger partial charge in [-0.2, -0.15) is 0 Å². The fraction of sp³-hybridized carbons (Fsp3) is 0.625. The highest BCUT2D eigenvalue weighted by Crippen LogP contribution is 2.25. The van der Waals surface area contributed by atoms with Gasteiger partial charge in [0.1, 0.15) is 6.67 Å². The van der Waals surface area contributed by atoms with Crippen molar-refractivity contribution in [2.24, 2.45) is 5.73 Å². The molecule has 0 radical (unpaired) electrons. The SMILES string of the molecule is CF.COC(c1ccc(N2CCCCC2)cc1)C(N)CF. The quantitative estimate of drug-likeness (QED) is 0.907. The molecule has 1 aliphatic heterocycles. The minimum absolute atomic E-state index is 0.375. The molecule has 2 atom stereocenters. The monoisotopic (exact) mass is 300 g/mol. The van der Waals surface area contributed by atoms with Crippen LogP contribution in [0.4, 0.5) is 14.5 Å². The Bertz CT molecular complexity index is 380. The number of rotatable bonds is 5. The molecule has 0 amide bonds. The first-order valence-electron chi connectivity index (χ1n) is 7.33. The first kappa shape index (κ1) is 17.9. The molecule has 21 heavy (non-hydrogen) atoms. The van der Waals surface area contributed by atoms with Gasteiger partial charge in [-0.1, -0.05) is 12.1 Å². The number of halogens is 2. The minimum Gasteiger partial charge on any atom is -0.375 e. The lowest BCUT2D eigenvalue weighted by Gasteiger charge is -2.29. The average molecular weight is 300 g/mol. The Kier molecular flexibility index (Phi) is 8.23. The number of alkyl halides is 2. The smallest absolute Gasteiger partial charge is 0.107 e. The molecule has 1 aromatic carbocycles. The summed E-state index contributed by atoms with van der Waals surface area (Å²) in [6.07, 6.45) is 3.47. The van der Waals surface area contributed by atoms with Crippen LogP contribution in [0.5, 0.6) is 0 Å². The topological polar surface area (TPSA) is 38.5 Å². The Labute approximate surface area is 126 Å². The van der Waals surface area contributed by atoms with Crippen molar-refractivity contribution in [3.8, 4) is 0 Å². The van der Waals surface area contributed by atoms with Crippen LogP contribution in [0.2, 0.25) is 0 Å². The highest BCUT2D eigenvalue weighted by Gasteiger charge is 2.19. The Morgan fingerprint density at radius 3 is 2.19 bits per heavy atom. The number of ether oxygens (including phenoxy) is 1. The minimum atomic E-state index is -0.606. The van der Waals surface area contributed by atoms with E-state index in [0.717, 1.165) is 18.7 Å². The number of piperidine rings is 1. The van der Waals surface area contributed by atoms with E-state index in [0.29, 0.717) is 7.18 Å². The second kappa shape index (κ2) is 9.68.